The monoisotopic (exact) mass is 318 g/mol. The summed E-state index contributed by atoms with van der Waals surface area (Å²) in [5.41, 5.74) is 2.48. The van der Waals surface area contributed by atoms with Crippen LogP contribution in [0.2, 0.25) is 5.02 Å². The zero-order chi connectivity index (χ0) is 12.5. The van der Waals surface area contributed by atoms with Crippen molar-refractivity contribution in [3.8, 4) is 11.3 Å². The number of nitrogens with zero attached hydrogens (tertiary/aromatic N) is 2. The van der Waals surface area contributed by atoms with Crippen molar-refractivity contribution < 1.29 is 0 Å². The molecule has 0 saturated heterocycles. The third kappa shape index (κ3) is 2.00. The lowest BCUT2D eigenvalue weighted by molar-refractivity contribution is 1.08. The fourth-order valence-corrected chi connectivity index (χ4v) is 2.39. The van der Waals surface area contributed by atoms with Crippen LogP contribution in [-0.4, -0.2) is 10.2 Å². The van der Waals surface area contributed by atoms with Crippen LogP contribution >= 0.6 is 27.5 Å². The van der Waals surface area contributed by atoms with Gasteiger partial charge >= 0.3 is 0 Å². The highest BCUT2D eigenvalue weighted by molar-refractivity contribution is 9.10. The molecule has 0 unspecified atom stereocenters. The zero-order valence-electron chi connectivity index (χ0n) is 9.27. The van der Waals surface area contributed by atoms with Gasteiger partial charge in [-0.3, -0.25) is 0 Å². The van der Waals surface area contributed by atoms with E-state index in [0.717, 1.165) is 20.9 Å². The van der Waals surface area contributed by atoms with Crippen molar-refractivity contribution >= 4 is 38.4 Å². The molecule has 4 heteroatoms. The molecular formula is C14H8BrClN2. The molecule has 0 spiro atoms. The fourth-order valence-electron chi connectivity index (χ4n) is 1.81. The molecule has 0 aliphatic rings. The number of hydrogen-bond acceptors (Lipinski definition) is 2. The van der Waals surface area contributed by atoms with Crippen LogP contribution in [-0.2, 0) is 0 Å². The van der Waals surface area contributed by atoms with Gasteiger partial charge in [-0.2, -0.15) is 0 Å². The highest BCUT2D eigenvalue weighted by atomic mass is 79.9. The third-order valence-corrected chi connectivity index (χ3v) is 3.64. The van der Waals surface area contributed by atoms with Gasteiger partial charge in [-0.05, 0) is 18.2 Å². The van der Waals surface area contributed by atoms with Crippen LogP contribution in [0.15, 0.2) is 53.0 Å². The number of rotatable bonds is 1. The predicted octanol–water partition coefficient (Wildman–Crippen LogP) is 4.71. The Bertz CT molecular complexity index is 711. The molecule has 3 aromatic rings. The predicted molar refractivity (Wildman–Crippen MR) is 77.7 cm³/mol. The Morgan fingerprint density at radius 3 is 2.39 bits per heavy atom. The van der Waals surface area contributed by atoms with Crippen LogP contribution < -0.4 is 0 Å². The molecule has 0 N–H and O–H groups in total. The van der Waals surface area contributed by atoms with E-state index in [9.17, 15) is 0 Å². The molecule has 88 valence electrons. The van der Waals surface area contributed by atoms with Gasteiger partial charge in [-0.25, -0.2) is 0 Å². The average Bonchev–Trinajstić information content (AvgIpc) is 2.41. The number of fused-ring (bicyclic) bond motifs is 1. The summed E-state index contributed by atoms with van der Waals surface area (Å²) >= 11 is 9.81. The first-order chi connectivity index (χ1) is 8.75. The standard InChI is InChI=1S/C14H8BrClN2/c15-10-7-5-9(6-8-10)14-13(16)11-3-1-2-4-12(11)17-18-14/h1-8H. The first kappa shape index (κ1) is 11.6. The second-order valence-electron chi connectivity index (χ2n) is 3.89. The summed E-state index contributed by atoms with van der Waals surface area (Å²) < 4.78 is 1.02. The molecule has 1 heterocycles. The Morgan fingerprint density at radius 2 is 1.61 bits per heavy atom. The van der Waals surface area contributed by atoms with Crippen molar-refractivity contribution in [2.75, 3.05) is 0 Å². The fraction of sp³-hybridized carbons (Fsp3) is 0. The summed E-state index contributed by atoms with van der Waals surface area (Å²) in [6.45, 7) is 0. The van der Waals surface area contributed by atoms with Gasteiger partial charge in [0.2, 0.25) is 0 Å². The number of halogens is 2. The lowest BCUT2D eigenvalue weighted by atomic mass is 10.1. The number of aromatic nitrogens is 2. The molecule has 0 bridgehead atoms. The summed E-state index contributed by atoms with van der Waals surface area (Å²) in [4.78, 5) is 0. The highest BCUT2D eigenvalue weighted by Gasteiger charge is 2.09. The molecule has 2 nitrogen and oxygen atoms in total. The average molecular weight is 320 g/mol. The Hall–Kier alpha value is -1.45. The second kappa shape index (κ2) is 4.67. The normalized spacial score (nSPS) is 10.8. The molecule has 18 heavy (non-hydrogen) atoms. The van der Waals surface area contributed by atoms with E-state index in [1.165, 1.54) is 0 Å². The van der Waals surface area contributed by atoms with Gasteiger partial charge in [0.25, 0.3) is 0 Å². The largest absolute Gasteiger partial charge is 0.150 e. The van der Waals surface area contributed by atoms with Gasteiger partial charge < -0.3 is 0 Å². The topological polar surface area (TPSA) is 25.8 Å². The van der Waals surface area contributed by atoms with E-state index in [1.54, 1.807) is 0 Å². The molecular weight excluding hydrogens is 312 g/mol. The molecule has 0 radical (unpaired) electrons. The lowest BCUT2D eigenvalue weighted by Crippen LogP contribution is -1.91. The Kier molecular flexibility index (Phi) is 3.02. The highest BCUT2D eigenvalue weighted by Crippen LogP contribution is 2.31. The van der Waals surface area contributed by atoms with Crippen LogP contribution in [0.3, 0.4) is 0 Å². The van der Waals surface area contributed by atoms with Crippen LogP contribution in [0.5, 0.6) is 0 Å². The van der Waals surface area contributed by atoms with Crippen LogP contribution in [0.4, 0.5) is 0 Å². The van der Waals surface area contributed by atoms with E-state index >= 15 is 0 Å². The van der Waals surface area contributed by atoms with Crippen molar-refractivity contribution in [3.05, 3.63) is 58.0 Å². The molecule has 0 atom stereocenters. The van der Waals surface area contributed by atoms with E-state index in [4.69, 9.17) is 11.6 Å². The van der Waals surface area contributed by atoms with E-state index < -0.39 is 0 Å². The van der Waals surface area contributed by atoms with E-state index in [-0.39, 0.29) is 0 Å². The van der Waals surface area contributed by atoms with Gasteiger partial charge in [0.05, 0.1) is 10.5 Å². The minimum absolute atomic E-state index is 0.642. The summed E-state index contributed by atoms with van der Waals surface area (Å²) in [5, 5.41) is 9.97. The SMILES string of the molecule is Clc1c(-c2ccc(Br)cc2)nnc2ccccc12. The van der Waals surface area contributed by atoms with E-state index in [0.29, 0.717) is 10.7 Å². The van der Waals surface area contributed by atoms with Gasteiger partial charge in [0.1, 0.15) is 5.69 Å². The molecule has 0 amide bonds. The first-order valence-electron chi connectivity index (χ1n) is 5.42. The minimum Gasteiger partial charge on any atom is -0.150 e. The minimum atomic E-state index is 0.642. The second-order valence-corrected chi connectivity index (χ2v) is 5.18. The summed E-state index contributed by atoms with van der Waals surface area (Å²) in [6.07, 6.45) is 0. The maximum Gasteiger partial charge on any atom is 0.112 e. The molecule has 3 rings (SSSR count). The van der Waals surface area contributed by atoms with Gasteiger partial charge in [0, 0.05) is 15.4 Å². The molecule has 0 fully saturated rings. The van der Waals surface area contributed by atoms with Crippen molar-refractivity contribution in [2.24, 2.45) is 0 Å². The van der Waals surface area contributed by atoms with Crippen LogP contribution in [0.25, 0.3) is 22.2 Å². The summed E-state index contributed by atoms with van der Waals surface area (Å²) in [5.74, 6) is 0. The molecule has 1 aromatic heterocycles. The van der Waals surface area contributed by atoms with Crippen molar-refractivity contribution in [3.63, 3.8) is 0 Å². The first-order valence-corrected chi connectivity index (χ1v) is 6.59. The summed E-state index contributed by atoms with van der Waals surface area (Å²) in [6, 6.07) is 15.6. The molecule has 2 aromatic carbocycles. The van der Waals surface area contributed by atoms with Gasteiger partial charge in [-0.15, -0.1) is 10.2 Å². The quantitative estimate of drug-likeness (QED) is 0.649. The smallest absolute Gasteiger partial charge is 0.112 e. The number of benzene rings is 2. The van der Waals surface area contributed by atoms with Crippen molar-refractivity contribution in [1.82, 2.24) is 10.2 Å². The molecule has 0 aliphatic heterocycles. The van der Waals surface area contributed by atoms with Crippen LogP contribution in [0, 0.1) is 0 Å². The Balaban J connectivity index is 2.24. The molecule has 0 aliphatic carbocycles. The van der Waals surface area contributed by atoms with Gasteiger partial charge in [0.15, 0.2) is 0 Å². The Morgan fingerprint density at radius 1 is 0.889 bits per heavy atom. The lowest BCUT2D eigenvalue weighted by Gasteiger charge is -2.05. The van der Waals surface area contributed by atoms with Crippen LogP contribution in [0.1, 0.15) is 0 Å². The zero-order valence-corrected chi connectivity index (χ0v) is 11.6. The maximum absolute atomic E-state index is 6.40. The van der Waals surface area contributed by atoms with Crippen molar-refractivity contribution in [1.29, 1.82) is 0 Å². The molecule has 0 saturated carbocycles. The van der Waals surface area contributed by atoms with Gasteiger partial charge in [-0.1, -0.05) is 57.9 Å². The van der Waals surface area contributed by atoms with E-state index in [1.807, 2.05) is 48.5 Å². The third-order valence-electron chi connectivity index (χ3n) is 2.72. The number of hydrogen-bond donors (Lipinski definition) is 0. The summed E-state index contributed by atoms with van der Waals surface area (Å²) in [7, 11) is 0. The van der Waals surface area contributed by atoms with Crippen molar-refractivity contribution in [2.45, 2.75) is 0 Å². The maximum atomic E-state index is 6.40. The Labute approximate surface area is 118 Å². The van der Waals surface area contributed by atoms with E-state index in [2.05, 4.69) is 26.1 Å².